The fraction of sp³-hybridized carbons (Fsp3) is 0.0455. The third kappa shape index (κ3) is 3.84. The molecule has 3 aromatic heterocycles. The summed E-state index contributed by atoms with van der Waals surface area (Å²) in [6, 6.07) is 50.8. The van der Waals surface area contributed by atoms with Crippen molar-refractivity contribution in [1.29, 1.82) is 0 Å². The number of furan rings is 1. The van der Waals surface area contributed by atoms with E-state index in [2.05, 4.69) is 158 Å². The Morgan fingerprint density at radius 3 is 1.89 bits per heavy atom. The maximum absolute atomic E-state index is 7.16. The molecule has 0 aliphatic carbocycles. The molecule has 0 aliphatic rings. The molecule has 7 aromatic carbocycles. The van der Waals surface area contributed by atoms with Crippen LogP contribution in [0.2, 0.25) is 0 Å². The van der Waals surface area contributed by atoms with Gasteiger partial charge in [0, 0.05) is 47.3 Å². The monoisotopic (exact) mass is 619 g/mol. The van der Waals surface area contributed by atoms with Crippen molar-refractivity contribution in [2.24, 2.45) is 0 Å². The van der Waals surface area contributed by atoms with E-state index in [1.54, 1.807) is 0 Å². The highest BCUT2D eigenvalue weighted by molar-refractivity contribution is 7.25. The van der Waals surface area contributed by atoms with E-state index in [9.17, 15) is 0 Å². The molecule has 2 nitrogen and oxygen atoms in total. The number of hydrogen-bond donors (Lipinski definition) is 0. The predicted molar refractivity (Wildman–Crippen MR) is 201 cm³/mol. The first kappa shape index (κ1) is 26.6. The molecular formula is C44H29NOS. The summed E-state index contributed by atoms with van der Waals surface area (Å²) in [6.07, 6.45) is 0. The van der Waals surface area contributed by atoms with Gasteiger partial charge in [0.1, 0.15) is 5.58 Å². The Kier molecular flexibility index (Phi) is 5.61. The lowest BCUT2D eigenvalue weighted by Gasteiger charge is -2.10. The zero-order chi connectivity index (χ0) is 31.2. The van der Waals surface area contributed by atoms with Crippen LogP contribution >= 0.6 is 11.3 Å². The molecule has 0 saturated heterocycles. The SMILES string of the molecule is Cc1ccc2c(c1)c1cc(C)ccc1n2-c1cccc2c1oc1c(-c3ccccc3)ccc(-c3cccc4sc5ccccc5c34)c12. The average molecular weight is 620 g/mol. The Morgan fingerprint density at radius 2 is 1.11 bits per heavy atom. The van der Waals surface area contributed by atoms with Crippen molar-refractivity contribution in [3.05, 3.63) is 151 Å². The molecule has 0 amide bonds. The summed E-state index contributed by atoms with van der Waals surface area (Å²) < 4.78 is 12.2. The minimum absolute atomic E-state index is 0.898. The van der Waals surface area contributed by atoms with Crippen LogP contribution in [0.1, 0.15) is 11.1 Å². The number of fused-ring (bicyclic) bond motifs is 9. The molecule has 0 N–H and O–H groups in total. The number of nitrogens with zero attached hydrogens (tertiary/aromatic N) is 1. The zero-order valence-electron chi connectivity index (χ0n) is 26.0. The van der Waals surface area contributed by atoms with Gasteiger partial charge in [-0.05, 0) is 79.1 Å². The molecule has 10 aromatic rings. The number of aromatic nitrogens is 1. The maximum Gasteiger partial charge on any atom is 0.159 e. The summed E-state index contributed by atoms with van der Waals surface area (Å²) in [5, 5.41) is 7.40. The minimum atomic E-state index is 0.898. The van der Waals surface area contributed by atoms with Crippen LogP contribution in [0.4, 0.5) is 0 Å². The number of hydrogen-bond acceptors (Lipinski definition) is 2. The maximum atomic E-state index is 7.16. The highest BCUT2D eigenvalue weighted by Gasteiger charge is 2.23. The molecule has 0 radical (unpaired) electrons. The van der Waals surface area contributed by atoms with Gasteiger partial charge in [-0.2, -0.15) is 0 Å². The van der Waals surface area contributed by atoms with Crippen LogP contribution < -0.4 is 0 Å². The van der Waals surface area contributed by atoms with Crippen LogP contribution in [-0.2, 0) is 0 Å². The normalized spacial score (nSPS) is 12.0. The molecule has 0 aliphatic heterocycles. The van der Waals surface area contributed by atoms with Gasteiger partial charge in [0.2, 0.25) is 0 Å². The van der Waals surface area contributed by atoms with Crippen molar-refractivity contribution in [1.82, 2.24) is 4.57 Å². The summed E-state index contributed by atoms with van der Waals surface area (Å²) in [5.41, 5.74) is 12.4. The van der Waals surface area contributed by atoms with Crippen molar-refractivity contribution >= 4 is 75.3 Å². The van der Waals surface area contributed by atoms with Crippen LogP contribution in [0.15, 0.2) is 144 Å². The first-order valence-corrected chi connectivity index (χ1v) is 16.9. The molecule has 0 unspecified atom stereocenters. The van der Waals surface area contributed by atoms with E-state index in [1.807, 2.05) is 11.3 Å². The first-order chi connectivity index (χ1) is 23.1. The predicted octanol–water partition coefficient (Wildman–Crippen LogP) is 13.0. The second kappa shape index (κ2) is 9.93. The van der Waals surface area contributed by atoms with E-state index in [0.29, 0.717) is 0 Å². The van der Waals surface area contributed by atoms with Crippen molar-refractivity contribution in [3.63, 3.8) is 0 Å². The van der Waals surface area contributed by atoms with Gasteiger partial charge in [0.05, 0.1) is 16.7 Å². The van der Waals surface area contributed by atoms with Crippen molar-refractivity contribution < 1.29 is 4.42 Å². The molecular weight excluding hydrogens is 591 g/mol. The fourth-order valence-electron chi connectivity index (χ4n) is 7.64. The average Bonchev–Trinajstić information content (AvgIpc) is 3.78. The standard InChI is InChI=1S/C44H29NOS/c1-26-18-22-36-34(24-26)35-25-27(2)19-23-37(35)45(36)38-15-8-14-33-42-31(21-20-29(44(42)46-43(33)38)28-10-4-3-5-11-28)30-13-9-17-40-41(30)32-12-6-7-16-39(32)47-40/h3-25H,1-2H3. The Labute approximate surface area is 275 Å². The van der Waals surface area contributed by atoms with Crippen LogP contribution in [0.5, 0.6) is 0 Å². The van der Waals surface area contributed by atoms with Crippen LogP contribution in [0.25, 0.3) is 91.9 Å². The Morgan fingerprint density at radius 1 is 0.468 bits per heavy atom. The Bertz CT molecular complexity index is 2810. The molecule has 3 heteroatoms. The van der Waals surface area contributed by atoms with E-state index in [4.69, 9.17) is 4.42 Å². The molecule has 222 valence electrons. The smallest absolute Gasteiger partial charge is 0.159 e. The number of thiophene rings is 1. The van der Waals surface area contributed by atoms with Gasteiger partial charge in [-0.3, -0.25) is 0 Å². The van der Waals surface area contributed by atoms with Gasteiger partial charge in [-0.25, -0.2) is 0 Å². The van der Waals surface area contributed by atoms with Crippen molar-refractivity contribution in [2.45, 2.75) is 13.8 Å². The van der Waals surface area contributed by atoms with E-state index in [0.717, 1.165) is 38.8 Å². The molecule has 47 heavy (non-hydrogen) atoms. The van der Waals surface area contributed by atoms with Crippen LogP contribution in [0, 0.1) is 13.8 Å². The minimum Gasteiger partial charge on any atom is -0.453 e. The zero-order valence-corrected chi connectivity index (χ0v) is 26.9. The third-order valence-corrected chi connectivity index (χ3v) is 10.9. The lowest BCUT2D eigenvalue weighted by Crippen LogP contribution is -1.94. The number of para-hydroxylation sites is 1. The Balaban J connectivity index is 1.36. The second-order valence-electron chi connectivity index (χ2n) is 12.6. The topological polar surface area (TPSA) is 18.1 Å². The third-order valence-electron chi connectivity index (χ3n) is 9.72. The van der Waals surface area contributed by atoms with Crippen molar-refractivity contribution in [2.75, 3.05) is 0 Å². The summed E-state index contributed by atoms with van der Waals surface area (Å²) in [6.45, 7) is 4.34. The summed E-state index contributed by atoms with van der Waals surface area (Å²) in [5.74, 6) is 0. The largest absolute Gasteiger partial charge is 0.453 e. The molecule has 0 fully saturated rings. The quantitative estimate of drug-likeness (QED) is 0.192. The number of benzene rings is 7. The molecule has 0 bridgehead atoms. The van der Waals surface area contributed by atoms with Gasteiger partial charge in [-0.15, -0.1) is 11.3 Å². The fourth-order valence-corrected chi connectivity index (χ4v) is 8.77. The van der Waals surface area contributed by atoms with Gasteiger partial charge < -0.3 is 8.98 Å². The summed E-state index contributed by atoms with van der Waals surface area (Å²) >= 11 is 1.86. The molecule has 0 spiro atoms. The van der Waals surface area contributed by atoms with E-state index >= 15 is 0 Å². The van der Waals surface area contributed by atoms with Crippen LogP contribution in [-0.4, -0.2) is 4.57 Å². The van der Waals surface area contributed by atoms with E-state index < -0.39 is 0 Å². The van der Waals surface area contributed by atoms with Crippen molar-refractivity contribution in [3.8, 4) is 27.9 Å². The Hall–Kier alpha value is -5.64. The molecule has 0 saturated carbocycles. The second-order valence-corrected chi connectivity index (χ2v) is 13.7. The van der Waals surface area contributed by atoms with E-state index in [-0.39, 0.29) is 0 Å². The molecule has 3 heterocycles. The number of aryl methyl sites for hydroxylation is 2. The number of rotatable bonds is 3. The summed E-state index contributed by atoms with van der Waals surface area (Å²) in [7, 11) is 0. The van der Waals surface area contributed by atoms with Gasteiger partial charge in [0.15, 0.2) is 5.58 Å². The lowest BCUT2D eigenvalue weighted by molar-refractivity contribution is 0.667. The summed E-state index contributed by atoms with van der Waals surface area (Å²) in [4.78, 5) is 0. The van der Waals surface area contributed by atoms with E-state index in [1.165, 1.54) is 64.2 Å². The van der Waals surface area contributed by atoms with Gasteiger partial charge in [-0.1, -0.05) is 102 Å². The van der Waals surface area contributed by atoms with Gasteiger partial charge in [0.25, 0.3) is 0 Å². The highest BCUT2D eigenvalue weighted by Crippen LogP contribution is 2.47. The first-order valence-electron chi connectivity index (χ1n) is 16.1. The van der Waals surface area contributed by atoms with Gasteiger partial charge >= 0.3 is 0 Å². The molecule has 0 atom stereocenters. The highest BCUT2D eigenvalue weighted by atomic mass is 32.1. The molecule has 10 rings (SSSR count). The van der Waals surface area contributed by atoms with Crippen LogP contribution in [0.3, 0.4) is 0 Å². The lowest BCUT2D eigenvalue weighted by atomic mass is 9.92.